The maximum Gasteiger partial charge on any atom is 0.271 e. The van der Waals surface area contributed by atoms with Crippen molar-refractivity contribution in [2.75, 3.05) is 7.05 Å². The summed E-state index contributed by atoms with van der Waals surface area (Å²) in [5.74, 6) is -0.161. The maximum atomic E-state index is 12.1. The second kappa shape index (κ2) is 8.19. The van der Waals surface area contributed by atoms with Gasteiger partial charge in [-0.25, -0.2) is 4.98 Å². The Morgan fingerprint density at radius 2 is 2.13 bits per heavy atom. The van der Waals surface area contributed by atoms with Crippen LogP contribution in [0.5, 0.6) is 0 Å². The molecule has 0 aliphatic heterocycles. The zero-order valence-electron chi connectivity index (χ0n) is 13.9. The molecule has 0 atom stereocenters. The van der Waals surface area contributed by atoms with Crippen molar-refractivity contribution in [3.8, 4) is 0 Å². The second-order valence-corrected chi connectivity index (χ2v) is 6.78. The van der Waals surface area contributed by atoms with Crippen LogP contribution in [-0.2, 0) is 19.6 Å². The molecule has 2 aromatic rings. The van der Waals surface area contributed by atoms with E-state index in [1.54, 1.807) is 5.38 Å². The lowest BCUT2D eigenvalue weighted by Gasteiger charge is -2.21. The lowest BCUT2D eigenvalue weighted by Crippen LogP contribution is -2.26. The minimum Gasteiger partial charge on any atom is -0.347 e. The molecule has 0 spiro atoms. The minimum absolute atomic E-state index is 0.161. The monoisotopic (exact) mass is 332 g/mol. The molecule has 1 aromatic carbocycles. The maximum absolute atomic E-state index is 12.1. The quantitative estimate of drug-likeness (QED) is 0.816. The van der Waals surface area contributed by atoms with E-state index in [0.717, 1.165) is 17.1 Å². The Morgan fingerprint density at radius 1 is 1.39 bits per heavy atom. The molecule has 0 unspecified atom stereocenters. The van der Waals surface area contributed by atoms with Gasteiger partial charge in [-0.2, -0.15) is 0 Å². The van der Waals surface area contributed by atoms with Gasteiger partial charge < -0.3 is 11.1 Å². The molecule has 3 N–H and O–H groups in total. The fourth-order valence-corrected chi connectivity index (χ4v) is 2.75. The van der Waals surface area contributed by atoms with Gasteiger partial charge in [0.05, 0.1) is 0 Å². The van der Waals surface area contributed by atoms with Gasteiger partial charge in [0, 0.05) is 31.1 Å². The average molecular weight is 332 g/mol. The average Bonchev–Trinajstić information content (AvgIpc) is 3.02. The first-order valence-electron chi connectivity index (χ1n) is 7.70. The van der Waals surface area contributed by atoms with Gasteiger partial charge >= 0.3 is 0 Å². The molecule has 5 nitrogen and oxygen atoms in total. The molecule has 1 amide bonds. The fourth-order valence-electron chi connectivity index (χ4n) is 2.09. The van der Waals surface area contributed by atoms with Gasteiger partial charge in [-0.1, -0.05) is 24.3 Å². The van der Waals surface area contributed by atoms with Crippen LogP contribution in [0.3, 0.4) is 0 Å². The van der Waals surface area contributed by atoms with E-state index in [-0.39, 0.29) is 5.91 Å². The van der Waals surface area contributed by atoms with Gasteiger partial charge in [-0.3, -0.25) is 9.69 Å². The standard InChI is InChI=1S/C17H24N4OS/c1-12(2)21(3)10-14-6-4-5-13(7-14)9-19-17(22)15-11-23-16(8-18)20-15/h4-7,11-12H,8-10,18H2,1-3H3,(H,19,22). The highest BCUT2D eigenvalue weighted by atomic mass is 32.1. The number of benzene rings is 1. The Morgan fingerprint density at radius 3 is 2.78 bits per heavy atom. The lowest BCUT2D eigenvalue weighted by atomic mass is 10.1. The van der Waals surface area contributed by atoms with Crippen LogP contribution >= 0.6 is 11.3 Å². The first kappa shape index (κ1) is 17.6. The van der Waals surface area contributed by atoms with Crippen molar-refractivity contribution in [1.82, 2.24) is 15.2 Å². The van der Waals surface area contributed by atoms with E-state index in [9.17, 15) is 4.79 Å². The molecule has 0 aliphatic carbocycles. The molecule has 0 saturated carbocycles. The number of aromatic nitrogens is 1. The van der Waals surface area contributed by atoms with Crippen LogP contribution in [-0.4, -0.2) is 28.9 Å². The SMILES string of the molecule is CC(C)N(C)Cc1cccc(CNC(=O)c2csc(CN)n2)c1. The Bertz CT molecular complexity index is 654. The molecule has 1 heterocycles. The molecule has 6 heteroatoms. The van der Waals surface area contributed by atoms with E-state index in [1.807, 2.05) is 12.1 Å². The third-order valence-electron chi connectivity index (χ3n) is 3.72. The summed E-state index contributed by atoms with van der Waals surface area (Å²) in [5.41, 5.74) is 8.28. The van der Waals surface area contributed by atoms with Crippen LogP contribution in [0.25, 0.3) is 0 Å². The molecule has 0 radical (unpaired) electrons. The molecule has 2 rings (SSSR count). The van der Waals surface area contributed by atoms with Gasteiger partial charge in [0.1, 0.15) is 10.7 Å². The van der Waals surface area contributed by atoms with Crippen LogP contribution in [0.2, 0.25) is 0 Å². The van der Waals surface area contributed by atoms with E-state index in [2.05, 4.69) is 48.2 Å². The van der Waals surface area contributed by atoms with E-state index in [1.165, 1.54) is 16.9 Å². The van der Waals surface area contributed by atoms with E-state index >= 15 is 0 Å². The van der Waals surface area contributed by atoms with Crippen molar-refractivity contribution < 1.29 is 4.79 Å². The van der Waals surface area contributed by atoms with Crippen molar-refractivity contribution in [3.05, 3.63) is 51.5 Å². The first-order chi connectivity index (χ1) is 11.0. The zero-order valence-corrected chi connectivity index (χ0v) is 14.7. The van der Waals surface area contributed by atoms with Crippen molar-refractivity contribution >= 4 is 17.2 Å². The highest BCUT2D eigenvalue weighted by Crippen LogP contribution is 2.11. The zero-order chi connectivity index (χ0) is 16.8. The number of nitrogens with one attached hydrogen (secondary N) is 1. The highest BCUT2D eigenvalue weighted by molar-refractivity contribution is 7.09. The topological polar surface area (TPSA) is 71.2 Å². The minimum atomic E-state index is -0.161. The van der Waals surface area contributed by atoms with Crippen molar-refractivity contribution in [2.24, 2.45) is 5.73 Å². The smallest absolute Gasteiger partial charge is 0.271 e. The van der Waals surface area contributed by atoms with Crippen molar-refractivity contribution in [2.45, 2.75) is 39.5 Å². The van der Waals surface area contributed by atoms with Gasteiger partial charge in [0.25, 0.3) is 5.91 Å². The third kappa shape index (κ3) is 5.13. The number of carbonyl (C=O) groups excluding carboxylic acids is 1. The normalized spacial score (nSPS) is 11.2. The molecule has 124 valence electrons. The number of amides is 1. The number of nitrogens with zero attached hydrogens (tertiary/aromatic N) is 2. The van der Waals surface area contributed by atoms with Crippen LogP contribution < -0.4 is 11.1 Å². The molecule has 0 fully saturated rings. The predicted octanol–water partition coefficient (Wildman–Crippen LogP) is 2.37. The largest absolute Gasteiger partial charge is 0.347 e. The van der Waals surface area contributed by atoms with Crippen LogP contribution in [0.1, 0.15) is 40.5 Å². The molecule has 0 bridgehead atoms. The Balaban J connectivity index is 1.94. The van der Waals surface area contributed by atoms with E-state index in [4.69, 9.17) is 5.73 Å². The molecule has 1 aromatic heterocycles. The molecule has 23 heavy (non-hydrogen) atoms. The number of nitrogens with two attached hydrogens (primary N) is 1. The third-order valence-corrected chi connectivity index (χ3v) is 4.59. The Hall–Kier alpha value is -1.76. The van der Waals surface area contributed by atoms with Crippen molar-refractivity contribution in [3.63, 3.8) is 0 Å². The summed E-state index contributed by atoms with van der Waals surface area (Å²) in [5, 5.41) is 5.42. The summed E-state index contributed by atoms with van der Waals surface area (Å²) >= 11 is 1.41. The number of hydrogen-bond donors (Lipinski definition) is 2. The summed E-state index contributed by atoms with van der Waals surface area (Å²) in [6.07, 6.45) is 0. The van der Waals surface area contributed by atoms with Crippen LogP contribution in [0.4, 0.5) is 0 Å². The van der Waals surface area contributed by atoms with E-state index < -0.39 is 0 Å². The highest BCUT2D eigenvalue weighted by Gasteiger charge is 2.10. The molecular weight excluding hydrogens is 308 g/mol. The van der Waals surface area contributed by atoms with Crippen molar-refractivity contribution in [1.29, 1.82) is 0 Å². The second-order valence-electron chi connectivity index (χ2n) is 5.84. The first-order valence-corrected chi connectivity index (χ1v) is 8.58. The molecule has 0 aliphatic rings. The van der Waals surface area contributed by atoms with Crippen LogP contribution in [0, 0.1) is 0 Å². The van der Waals surface area contributed by atoms with Gasteiger partial charge in [0.15, 0.2) is 0 Å². The Labute approximate surface area is 141 Å². The Kier molecular flexibility index (Phi) is 6.27. The number of carbonyl (C=O) groups is 1. The molecular formula is C17H24N4OS. The fraction of sp³-hybridized carbons (Fsp3) is 0.412. The van der Waals surface area contributed by atoms with Crippen LogP contribution in [0.15, 0.2) is 29.6 Å². The van der Waals surface area contributed by atoms with Gasteiger partial charge in [-0.15, -0.1) is 11.3 Å². The summed E-state index contributed by atoms with van der Waals surface area (Å²) in [7, 11) is 2.11. The number of rotatable bonds is 7. The van der Waals surface area contributed by atoms with Gasteiger partial charge in [0.2, 0.25) is 0 Å². The van der Waals surface area contributed by atoms with Gasteiger partial charge in [-0.05, 0) is 32.0 Å². The predicted molar refractivity (Wildman–Crippen MR) is 94.2 cm³/mol. The number of hydrogen-bond acceptors (Lipinski definition) is 5. The van der Waals surface area contributed by atoms with E-state index in [0.29, 0.717) is 24.8 Å². The molecule has 0 saturated heterocycles. The summed E-state index contributed by atoms with van der Waals surface area (Å²) in [4.78, 5) is 18.6. The lowest BCUT2D eigenvalue weighted by molar-refractivity contribution is 0.0946. The number of thiazole rings is 1. The summed E-state index contributed by atoms with van der Waals surface area (Å²) < 4.78 is 0. The summed E-state index contributed by atoms with van der Waals surface area (Å²) in [6.45, 7) is 6.10. The summed E-state index contributed by atoms with van der Waals surface area (Å²) in [6, 6.07) is 8.79.